The van der Waals surface area contributed by atoms with Gasteiger partial charge in [-0.25, -0.2) is 0 Å². The lowest BCUT2D eigenvalue weighted by Crippen LogP contribution is -1.98. The van der Waals surface area contributed by atoms with Gasteiger partial charge in [0.15, 0.2) is 0 Å². The van der Waals surface area contributed by atoms with Gasteiger partial charge in [-0.05, 0) is 94.2 Å². The van der Waals surface area contributed by atoms with Gasteiger partial charge in [0.1, 0.15) is 0 Å². The SMILES string of the molecule is C1=C2CCC(=C1)C2.Cc1c(C)c(C)c(C)c(C)c1C. The number of benzene rings is 1. The first kappa shape index (κ1) is 14.1. The van der Waals surface area contributed by atoms with E-state index in [1.165, 1.54) is 52.6 Å². The van der Waals surface area contributed by atoms with E-state index in [0.717, 1.165) is 0 Å². The van der Waals surface area contributed by atoms with Crippen LogP contribution in [0.5, 0.6) is 0 Å². The predicted molar refractivity (Wildman–Crippen MR) is 84.9 cm³/mol. The Morgan fingerprint density at radius 3 is 0.895 bits per heavy atom. The van der Waals surface area contributed by atoms with E-state index in [1.54, 1.807) is 11.1 Å². The Bertz CT molecular complexity index is 445. The molecule has 3 rings (SSSR count). The van der Waals surface area contributed by atoms with Crippen molar-refractivity contribution >= 4 is 0 Å². The van der Waals surface area contributed by atoms with Crippen molar-refractivity contribution in [3.63, 3.8) is 0 Å². The van der Waals surface area contributed by atoms with Crippen LogP contribution in [0.2, 0.25) is 0 Å². The molecule has 0 aromatic heterocycles. The van der Waals surface area contributed by atoms with Crippen molar-refractivity contribution in [2.75, 3.05) is 0 Å². The van der Waals surface area contributed by atoms with Crippen molar-refractivity contribution in [2.24, 2.45) is 0 Å². The summed E-state index contributed by atoms with van der Waals surface area (Å²) in [7, 11) is 0. The maximum Gasteiger partial charge on any atom is -0.0102 e. The highest BCUT2D eigenvalue weighted by Crippen LogP contribution is 2.34. The molecule has 19 heavy (non-hydrogen) atoms. The molecule has 0 heterocycles. The fourth-order valence-electron chi connectivity index (χ4n) is 3.00. The van der Waals surface area contributed by atoms with E-state index in [4.69, 9.17) is 0 Å². The van der Waals surface area contributed by atoms with Crippen LogP contribution >= 0.6 is 0 Å². The average Bonchev–Trinajstić information content (AvgIpc) is 3.06. The fourth-order valence-corrected chi connectivity index (χ4v) is 3.00. The number of rotatable bonds is 0. The van der Waals surface area contributed by atoms with E-state index in [-0.39, 0.29) is 0 Å². The lowest BCUT2D eigenvalue weighted by molar-refractivity contribution is 1.04. The normalized spacial score (nSPS) is 15.9. The molecule has 0 N–H and O–H groups in total. The first-order valence-corrected chi connectivity index (χ1v) is 7.32. The molecule has 102 valence electrons. The van der Waals surface area contributed by atoms with Gasteiger partial charge in [-0.1, -0.05) is 23.3 Å². The summed E-state index contributed by atoms with van der Waals surface area (Å²) >= 11 is 0. The van der Waals surface area contributed by atoms with Crippen molar-refractivity contribution in [3.8, 4) is 0 Å². The minimum absolute atomic E-state index is 1.31. The van der Waals surface area contributed by atoms with E-state index in [2.05, 4.69) is 53.7 Å². The molecular formula is C19H26. The molecular weight excluding hydrogens is 228 g/mol. The first-order chi connectivity index (χ1) is 8.91. The van der Waals surface area contributed by atoms with Gasteiger partial charge in [0, 0.05) is 0 Å². The number of fused-ring (bicyclic) bond motifs is 2. The van der Waals surface area contributed by atoms with E-state index in [9.17, 15) is 0 Å². The van der Waals surface area contributed by atoms with Crippen molar-refractivity contribution in [3.05, 3.63) is 56.7 Å². The highest BCUT2D eigenvalue weighted by Gasteiger charge is 2.14. The van der Waals surface area contributed by atoms with Crippen molar-refractivity contribution in [1.82, 2.24) is 0 Å². The lowest BCUT2D eigenvalue weighted by atomic mass is 9.90. The smallest absolute Gasteiger partial charge is 0.0102 e. The van der Waals surface area contributed by atoms with Crippen LogP contribution in [0, 0.1) is 41.5 Å². The van der Waals surface area contributed by atoms with Gasteiger partial charge in [-0.3, -0.25) is 0 Å². The Hall–Kier alpha value is -1.30. The molecule has 2 aliphatic rings. The second-order valence-corrected chi connectivity index (χ2v) is 6.08. The van der Waals surface area contributed by atoms with Gasteiger partial charge in [0.2, 0.25) is 0 Å². The third-order valence-electron chi connectivity index (χ3n) is 5.15. The van der Waals surface area contributed by atoms with Crippen LogP contribution in [0.15, 0.2) is 23.3 Å². The summed E-state index contributed by atoms with van der Waals surface area (Å²) in [5.41, 5.74) is 12.0. The molecule has 0 saturated heterocycles. The molecule has 0 amide bonds. The maximum absolute atomic E-state index is 2.26. The highest BCUT2D eigenvalue weighted by molar-refractivity contribution is 5.48. The third kappa shape index (κ3) is 2.68. The summed E-state index contributed by atoms with van der Waals surface area (Å²) in [5, 5.41) is 0. The van der Waals surface area contributed by atoms with Gasteiger partial charge >= 0.3 is 0 Å². The predicted octanol–water partition coefficient (Wildman–Crippen LogP) is 5.57. The second-order valence-electron chi connectivity index (χ2n) is 6.08. The van der Waals surface area contributed by atoms with Crippen LogP contribution in [0.1, 0.15) is 52.6 Å². The standard InChI is InChI=1S/C12H18.C7H8/c1-7-8(2)10(4)12(6)11(5)9(7)3;1-2-7-4-3-6(1)5-7/h1-6H3;1-2H,3-5H2. The van der Waals surface area contributed by atoms with Gasteiger partial charge in [-0.2, -0.15) is 0 Å². The molecule has 0 atom stereocenters. The minimum Gasteiger partial charge on any atom is -0.0658 e. The fraction of sp³-hybridized carbons (Fsp3) is 0.474. The van der Waals surface area contributed by atoms with Crippen LogP contribution in [0.3, 0.4) is 0 Å². The third-order valence-corrected chi connectivity index (χ3v) is 5.15. The van der Waals surface area contributed by atoms with Crippen molar-refractivity contribution < 1.29 is 0 Å². The van der Waals surface area contributed by atoms with E-state index < -0.39 is 0 Å². The number of hydrogen-bond donors (Lipinski definition) is 0. The summed E-state index contributed by atoms with van der Waals surface area (Å²) < 4.78 is 0. The molecule has 1 saturated carbocycles. The lowest BCUT2D eigenvalue weighted by Gasteiger charge is -2.15. The summed E-state index contributed by atoms with van der Waals surface area (Å²) in [4.78, 5) is 0. The van der Waals surface area contributed by atoms with Gasteiger partial charge in [-0.15, -0.1) is 0 Å². The van der Waals surface area contributed by atoms with E-state index in [1.807, 2.05) is 0 Å². The second kappa shape index (κ2) is 5.36. The van der Waals surface area contributed by atoms with E-state index in [0.29, 0.717) is 0 Å². The van der Waals surface area contributed by atoms with Crippen LogP contribution in [-0.2, 0) is 0 Å². The summed E-state index contributed by atoms with van der Waals surface area (Å²) in [6, 6.07) is 0. The van der Waals surface area contributed by atoms with Gasteiger partial charge in [0.05, 0.1) is 0 Å². The largest absolute Gasteiger partial charge is 0.0658 e. The molecule has 0 spiro atoms. The molecule has 2 bridgehead atoms. The van der Waals surface area contributed by atoms with Crippen LogP contribution in [-0.4, -0.2) is 0 Å². The molecule has 1 aromatic rings. The van der Waals surface area contributed by atoms with Crippen molar-refractivity contribution in [2.45, 2.75) is 60.8 Å². The molecule has 0 aliphatic heterocycles. The van der Waals surface area contributed by atoms with Crippen LogP contribution in [0.25, 0.3) is 0 Å². The molecule has 0 radical (unpaired) electrons. The van der Waals surface area contributed by atoms with Gasteiger partial charge < -0.3 is 0 Å². The Kier molecular flexibility index (Phi) is 3.99. The Balaban J connectivity index is 0.000000159. The molecule has 1 aromatic carbocycles. The molecule has 0 nitrogen and oxygen atoms in total. The minimum atomic E-state index is 1.31. The Morgan fingerprint density at radius 1 is 0.526 bits per heavy atom. The molecule has 2 aliphatic carbocycles. The van der Waals surface area contributed by atoms with Crippen molar-refractivity contribution in [1.29, 1.82) is 0 Å². The molecule has 1 fully saturated rings. The molecule has 0 unspecified atom stereocenters. The monoisotopic (exact) mass is 254 g/mol. The zero-order valence-corrected chi connectivity index (χ0v) is 13.3. The first-order valence-electron chi connectivity index (χ1n) is 7.32. The zero-order chi connectivity index (χ0) is 14.2. The molecule has 0 heteroatoms. The highest BCUT2D eigenvalue weighted by atomic mass is 14.2. The van der Waals surface area contributed by atoms with Crippen LogP contribution in [0.4, 0.5) is 0 Å². The number of hydrogen-bond acceptors (Lipinski definition) is 0. The summed E-state index contributed by atoms with van der Waals surface area (Å²) in [5.74, 6) is 0. The quantitative estimate of drug-likeness (QED) is 0.567. The van der Waals surface area contributed by atoms with Gasteiger partial charge in [0.25, 0.3) is 0 Å². The summed E-state index contributed by atoms with van der Waals surface area (Å²) in [6.07, 6.45) is 8.54. The summed E-state index contributed by atoms with van der Waals surface area (Å²) in [6.45, 7) is 13.3. The number of allylic oxidation sites excluding steroid dienone is 4. The Morgan fingerprint density at radius 2 is 0.789 bits per heavy atom. The zero-order valence-electron chi connectivity index (χ0n) is 13.3. The topological polar surface area (TPSA) is 0 Å². The van der Waals surface area contributed by atoms with Crippen LogP contribution < -0.4 is 0 Å². The van der Waals surface area contributed by atoms with E-state index >= 15 is 0 Å². The Labute approximate surface area is 118 Å². The average molecular weight is 254 g/mol. The maximum atomic E-state index is 2.26.